The van der Waals surface area contributed by atoms with Crippen molar-refractivity contribution in [2.24, 2.45) is 4.99 Å². The van der Waals surface area contributed by atoms with Crippen molar-refractivity contribution < 1.29 is 12.8 Å². The van der Waals surface area contributed by atoms with Gasteiger partial charge in [0.2, 0.25) is 0 Å². The van der Waals surface area contributed by atoms with E-state index in [4.69, 9.17) is 0 Å². The molecule has 5 nitrogen and oxygen atoms in total. The molecule has 0 bridgehead atoms. The summed E-state index contributed by atoms with van der Waals surface area (Å²) in [6.07, 6.45) is 1.69. The molecule has 0 amide bonds. The Labute approximate surface area is 162 Å². The van der Waals surface area contributed by atoms with Crippen molar-refractivity contribution in [2.45, 2.75) is 25.9 Å². The van der Waals surface area contributed by atoms with Crippen LogP contribution < -0.4 is 10.6 Å². The van der Waals surface area contributed by atoms with Crippen LogP contribution in [0.1, 0.15) is 18.9 Å². The minimum atomic E-state index is -2.98. The average molecular weight is 522 g/mol. The standard InChI is InChI=1S/C14H21BrFN3O2S.HI/c1-10(6-7-22(3,20)21)19-14(17-2)18-9-11-4-5-12(15)8-13(11)16;/h4-5,8,10H,6-7,9H2,1-3H3,(H2,17,18,19);1H. The minimum Gasteiger partial charge on any atom is -0.354 e. The van der Waals surface area contributed by atoms with E-state index in [2.05, 4.69) is 31.6 Å². The number of hydrogen-bond donors (Lipinski definition) is 2. The van der Waals surface area contributed by atoms with E-state index >= 15 is 0 Å². The van der Waals surface area contributed by atoms with Crippen LogP contribution in [0.5, 0.6) is 0 Å². The highest BCUT2D eigenvalue weighted by Crippen LogP contribution is 2.14. The lowest BCUT2D eigenvalue weighted by Gasteiger charge is -2.17. The van der Waals surface area contributed by atoms with Gasteiger partial charge in [0.25, 0.3) is 0 Å². The van der Waals surface area contributed by atoms with E-state index in [1.165, 1.54) is 12.3 Å². The van der Waals surface area contributed by atoms with Gasteiger partial charge in [-0.2, -0.15) is 0 Å². The number of nitrogens with one attached hydrogen (secondary N) is 2. The highest BCUT2D eigenvalue weighted by molar-refractivity contribution is 14.0. The summed E-state index contributed by atoms with van der Waals surface area (Å²) in [5.74, 6) is 0.310. The second kappa shape index (κ2) is 10.4. The number of benzene rings is 1. The van der Waals surface area contributed by atoms with Gasteiger partial charge in [0.05, 0.1) is 5.75 Å². The van der Waals surface area contributed by atoms with Crippen LogP contribution in [0.4, 0.5) is 4.39 Å². The molecule has 0 heterocycles. The van der Waals surface area contributed by atoms with Gasteiger partial charge in [-0.25, -0.2) is 12.8 Å². The van der Waals surface area contributed by atoms with Gasteiger partial charge < -0.3 is 10.6 Å². The molecule has 0 saturated carbocycles. The number of halogens is 3. The van der Waals surface area contributed by atoms with Crippen LogP contribution in [0.3, 0.4) is 0 Å². The topological polar surface area (TPSA) is 70.6 Å². The van der Waals surface area contributed by atoms with Crippen molar-refractivity contribution in [1.82, 2.24) is 10.6 Å². The molecule has 1 aromatic carbocycles. The molecule has 23 heavy (non-hydrogen) atoms. The molecule has 1 atom stereocenters. The third-order valence-electron chi connectivity index (χ3n) is 2.99. The van der Waals surface area contributed by atoms with E-state index in [1.54, 1.807) is 19.2 Å². The van der Waals surface area contributed by atoms with Crippen LogP contribution in [0.2, 0.25) is 0 Å². The van der Waals surface area contributed by atoms with Gasteiger partial charge in [0, 0.05) is 35.9 Å². The Morgan fingerprint density at radius 1 is 1.43 bits per heavy atom. The van der Waals surface area contributed by atoms with Crippen molar-refractivity contribution in [3.05, 3.63) is 34.1 Å². The molecule has 0 radical (unpaired) electrons. The molecule has 0 aliphatic carbocycles. The monoisotopic (exact) mass is 521 g/mol. The van der Waals surface area contributed by atoms with Crippen molar-refractivity contribution in [3.63, 3.8) is 0 Å². The molecular weight excluding hydrogens is 500 g/mol. The summed E-state index contributed by atoms with van der Waals surface area (Å²) in [5, 5.41) is 6.09. The summed E-state index contributed by atoms with van der Waals surface area (Å²) in [6, 6.07) is 4.80. The third kappa shape index (κ3) is 9.46. The van der Waals surface area contributed by atoms with E-state index in [-0.39, 0.29) is 48.1 Å². The quantitative estimate of drug-likeness (QED) is 0.343. The second-order valence-electron chi connectivity index (χ2n) is 5.13. The van der Waals surface area contributed by atoms with Gasteiger partial charge in [-0.1, -0.05) is 22.0 Å². The summed E-state index contributed by atoms with van der Waals surface area (Å²) < 4.78 is 36.7. The minimum absolute atomic E-state index is 0. The molecule has 0 aliphatic heterocycles. The lowest BCUT2D eigenvalue weighted by atomic mass is 10.2. The van der Waals surface area contributed by atoms with E-state index < -0.39 is 9.84 Å². The first-order valence-corrected chi connectivity index (χ1v) is 9.65. The normalized spacial score (nSPS) is 13.2. The molecule has 1 unspecified atom stereocenters. The number of hydrogen-bond acceptors (Lipinski definition) is 3. The van der Waals surface area contributed by atoms with E-state index in [9.17, 15) is 12.8 Å². The molecule has 2 N–H and O–H groups in total. The lowest BCUT2D eigenvalue weighted by Crippen LogP contribution is -2.42. The highest BCUT2D eigenvalue weighted by Gasteiger charge is 2.10. The SMILES string of the molecule is CN=C(NCc1ccc(Br)cc1F)NC(C)CCS(C)(=O)=O.I. The fourth-order valence-electron chi connectivity index (χ4n) is 1.74. The van der Waals surface area contributed by atoms with E-state index in [1.807, 2.05) is 6.92 Å². The van der Waals surface area contributed by atoms with Crippen LogP contribution in [0.25, 0.3) is 0 Å². The fraction of sp³-hybridized carbons (Fsp3) is 0.500. The van der Waals surface area contributed by atoms with Crippen molar-refractivity contribution in [3.8, 4) is 0 Å². The van der Waals surface area contributed by atoms with Gasteiger partial charge >= 0.3 is 0 Å². The summed E-state index contributed by atoms with van der Waals surface area (Å²) >= 11 is 3.21. The molecule has 0 aliphatic rings. The van der Waals surface area contributed by atoms with Crippen LogP contribution >= 0.6 is 39.9 Å². The van der Waals surface area contributed by atoms with Crippen molar-refractivity contribution in [2.75, 3.05) is 19.1 Å². The number of nitrogens with zero attached hydrogens (tertiary/aromatic N) is 1. The first-order valence-electron chi connectivity index (χ1n) is 6.80. The highest BCUT2D eigenvalue weighted by atomic mass is 127. The summed E-state index contributed by atoms with van der Waals surface area (Å²) in [5.41, 5.74) is 0.523. The Balaban J connectivity index is 0.00000484. The number of sulfone groups is 1. The van der Waals surface area contributed by atoms with Crippen LogP contribution in [0, 0.1) is 5.82 Å². The van der Waals surface area contributed by atoms with Gasteiger partial charge in [0.1, 0.15) is 15.7 Å². The summed E-state index contributed by atoms with van der Waals surface area (Å²) in [7, 11) is -1.37. The smallest absolute Gasteiger partial charge is 0.191 e. The molecular formula is C14H22BrFIN3O2S. The number of rotatable bonds is 6. The molecule has 1 aromatic rings. The average Bonchev–Trinajstić information content (AvgIpc) is 2.42. The lowest BCUT2D eigenvalue weighted by molar-refractivity contribution is 0.578. The maximum atomic E-state index is 13.7. The third-order valence-corrected chi connectivity index (χ3v) is 4.46. The zero-order chi connectivity index (χ0) is 16.8. The van der Waals surface area contributed by atoms with Crippen molar-refractivity contribution in [1.29, 1.82) is 0 Å². The van der Waals surface area contributed by atoms with Gasteiger partial charge in [-0.05, 0) is 25.5 Å². The predicted octanol–water partition coefficient (Wildman–Crippen LogP) is 2.69. The van der Waals surface area contributed by atoms with Crippen molar-refractivity contribution >= 4 is 55.7 Å². The fourth-order valence-corrected chi connectivity index (χ4v) is 2.85. The van der Waals surface area contributed by atoms with Crippen LogP contribution in [-0.2, 0) is 16.4 Å². The molecule has 0 spiro atoms. The predicted molar refractivity (Wildman–Crippen MR) is 107 cm³/mol. The Kier molecular flexibility index (Phi) is 10.3. The molecule has 0 aromatic heterocycles. The maximum Gasteiger partial charge on any atom is 0.191 e. The zero-order valence-electron chi connectivity index (χ0n) is 13.3. The summed E-state index contributed by atoms with van der Waals surface area (Å²) in [4.78, 5) is 4.05. The Morgan fingerprint density at radius 3 is 2.61 bits per heavy atom. The zero-order valence-corrected chi connectivity index (χ0v) is 18.0. The molecule has 0 fully saturated rings. The first kappa shape index (κ1) is 22.6. The first-order chi connectivity index (χ1) is 10.2. The molecule has 9 heteroatoms. The Hall–Kier alpha value is -0.420. The van der Waals surface area contributed by atoms with Gasteiger partial charge in [-0.15, -0.1) is 24.0 Å². The van der Waals surface area contributed by atoms with Crippen LogP contribution in [-0.4, -0.2) is 39.5 Å². The molecule has 0 saturated heterocycles. The van der Waals surface area contributed by atoms with Crippen LogP contribution in [0.15, 0.2) is 27.7 Å². The summed E-state index contributed by atoms with van der Waals surface area (Å²) in [6.45, 7) is 2.16. The maximum absolute atomic E-state index is 13.7. The second-order valence-corrected chi connectivity index (χ2v) is 8.30. The number of guanidine groups is 1. The molecule has 1 rings (SSSR count). The van der Waals surface area contributed by atoms with Gasteiger partial charge in [0.15, 0.2) is 5.96 Å². The molecule has 132 valence electrons. The Bertz CT molecular complexity index is 641. The largest absolute Gasteiger partial charge is 0.354 e. The van der Waals surface area contributed by atoms with Gasteiger partial charge in [-0.3, -0.25) is 4.99 Å². The number of aliphatic imine (C=N–C) groups is 1. The van der Waals surface area contributed by atoms with E-state index in [0.717, 1.165) is 0 Å². The Morgan fingerprint density at radius 2 is 2.09 bits per heavy atom. The van der Waals surface area contributed by atoms with E-state index in [0.29, 0.717) is 22.4 Å².